The van der Waals surface area contributed by atoms with Crippen molar-refractivity contribution in [1.82, 2.24) is 10.9 Å². The molecule has 0 unspecified atom stereocenters. The van der Waals surface area contributed by atoms with Crippen LogP contribution in [0, 0.1) is 13.8 Å². The van der Waals surface area contributed by atoms with E-state index in [0.29, 0.717) is 16.3 Å². The predicted octanol–water partition coefficient (Wildman–Crippen LogP) is 3.56. The SMILES string of the molecule is Cc1cc(OCC(=O)NNC(=O)c2cccc(Br)c2)cc(C)c1Cl. The van der Waals surface area contributed by atoms with E-state index in [1.54, 1.807) is 36.4 Å². The molecule has 2 amide bonds. The second kappa shape index (κ2) is 8.17. The van der Waals surface area contributed by atoms with Gasteiger partial charge in [-0.1, -0.05) is 33.6 Å². The Kier molecular flexibility index (Phi) is 6.23. The molecule has 126 valence electrons. The molecular formula is C17H16BrClN2O3. The fourth-order valence-corrected chi connectivity index (χ4v) is 2.51. The van der Waals surface area contributed by atoms with Crippen molar-refractivity contribution in [1.29, 1.82) is 0 Å². The Morgan fingerprint density at radius 2 is 1.79 bits per heavy atom. The molecule has 2 aromatic rings. The minimum absolute atomic E-state index is 0.223. The Balaban J connectivity index is 1.84. The third-order valence-electron chi connectivity index (χ3n) is 3.18. The summed E-state index contributed by atoms with van der Waals surface area (Å²) < 4.78 is 6.19. The molecule has 0 aromatic heterocycles. The number of ether oxygens (including phenoxy) is 1. The van der Waals surface area contributed by atoms with Gasteiger partial charge in [0, 0.05) is 15.1 Å². The van der Waals surface area contributed by atoms with Gasteiger partial charge in [-0.15, -0.1) is 0 Å². The molecule has 2 N–H and O–H groups in total. The number of amides is 2. The molecule has 0 bridgehead atoms. The standard InChI is InChI=1S/C17H16BrClN2O3/c1-10-6-14(7-11(2)16(10)19)24-9-15(22)20-21-17(23)12-4-3-5-13(18)8-12/h3-8H,9H2,1-2H3,(H,20,22)(H,21,23). The van der Waals surface area contributed by atoms with Crippen LogP contribution in [0.2, 0.25) is 5.02 Å². The molecule has 2 aromatic carbocycles. The lowest BCUT2D eigenvalue weighted by molar-refractivity contribution is -0.123. The first-order chi connectivity index (χ1) is 11.4. The normalized spacial score (nSPS) is 10.2. The minimum Gasteiger partial charge on any atom is -0.484 e. The number of benzene rings is 2. The fraction of sp³-hybridized carbons (Fsp3) is 0.176. The summed E-state index contributed by atoms with van der Waals surface area (Å²) in [5.74, 6) is -0.339. The second-order valence-electron chi connectivity index (χ2n) is 5.17. The van der Waals surface area contributed by atoms with Crippen LogP contribution in [0.15, 0.2) is 40.9 Å². The first-order valence-electron chi connectivity index (χ1n) is 7.11. The van der Waals surface area contributed by atoms with Crippen molar-refractivity contribution < 1.29 is 14.3 Å². The van der Waals surface area contributed by atoms with Crippen molar-refractivity contribution in [3.8, 4) is 5.75 Å². The van der Waals surface area contributed by atoms with Gasteiger partial charge in [0.25, 0.3) is 11.8 Å². The molecule has 2 rings (SSSR count). The van der Waals surface area contributed by atoms with Crippen molar-refractivity contribution in [2.45, 2.75) is 13.8 Å². The highest BCUT2D eigenvalue weighted by molar-refractivity contribution is 9.10. The Labute approximate surface area is 153 Å². The summed E-state index contributed by atoms with van der Waals surface area (Å²) in [6, 6.07) is 10.3. The molecule has 0 radical (unpaired) electrons. The van der Waals surface area contributed by atoms with Crippen molar-refractivity contribution >= 4 is 39.3 Å². The third kappa shape index (κ3) is 4.97. The van der Waals surface area contributed by atoms with Crippen molar-refractivity contribution in [3.05, 3.63) is 62.6 Å². The molecule has 0 heterocycles. The van der Waals surface area contributed by atoms with Crippen LogP contribution in [-0.4, -0.2) is 18.4 Å². The number of carbonyl (C=O) groups excluding carboxylic acids is 2. The summed E-state index contributed by atoms with van der Waals surface area (Å²) >= 11 is 9.36. The van der Waals surface area contributed by atoms with E-state index in [1.165, 1.54) is 0 Å². The topological polar surface area (TPSA) is 67.4 Å². The third-order valence-corrected chi connectivity index (χ3v) is 4.27. The van der Waals surface area contributed by atoms with Gasteiger partial charge >= 0.3 is 0 Å². The first kappa shape index (κ1) is 18.3. The number of nitrogens with one attached hydrogen (secondary N) is 2. The Hall–Kier alpha value is -2.05. The van der Waals surface area contributed by atoms with E-state index in [2.05, 4.69) is 26.8 Å². The van der Waals surface area contributed by atoms with Gasteiger partial charge in [-0.3, -0.25) is 20.4 Å². The Morgan fingerprint density at radius 3 is 2.42 bits per heavy atom. The maximum atomic E-state index is 11.9. The first-order valence-corrected chi connectivity index (χ1v) is 8.28. The van der Waals surface area contributed by atoms with Gasteiger partial charge in [0.1, 0.15) is 5.75 Å². The highest BCUT2D eigenvalue weighted by Crippen LogP contribution is 2.25. The van der Waals surface area contributed by atoms with Gasteiger partial charge in [0.15, 0.2) is 6.61 Å². The summed E-state index contributed by atoms with van der Waals surface area (Å²) in [6.45, 7) is 3.50. The van der Waals surface area contributed by atoms with Crippen LogP contribution in [-0.2, 0) is 4.79 Å². The van der Waals surface area contributed by atoms with Gasteiger partial charge in [0.2, 0.25) is 0 Å². The maximum Gasteiger partial charge on any atom is 0.276 e. The molecular weight excluding hydrogens is 396 g/mol. The smallest absolute Gasteiger partial charge is 0.276 e. The zero-order valence-electron chi connectivity index (χ0n) is 13.2. The minimum atomic E-state index is -0.469. The van der Waals surface area contributed by atoms with E-state index in [0.717, 1.165) is 15.6 Å². The zero-order valence-corrected chi connectivity index (χ0v) is 15.5. The molecule has 0 fully saturated rings. The number of hydrazine groups is 1. The number of hydrogen-bond acceptors (Lipinski definition) is 3. The van der Waals surface area contributed by atoms with Gasteiger partial charge in [-0.2, -0.15) is 0 Å². The fourth-order valence-electron chi connectivity index (χ4n) is 2.00. The number of aryl methyl sites for hydroxylation is 2. The molecule has 0 aliphatic heterocycles. The van der Waals surface area contributed by atoms with Crippen LogP contribution in [0.5, 0.6) is 5.75 Å². The maximum absolute atomic E-state index is 11.9. The average molecular weight is 412 g/mol. The van der Waals surface area contributed by atoms with E-state index in [9.17, 15) is 9.59 Å². The van der Waals surface area contributed by atoms with E-state index in [-0.39, 0.29) is 6.61 Å². The number of halogens is 2. The summed E-state index contributed by atoms with van der Waals surface area (Å²) in [5, 5.41) is 0.674. The van der Waals surface area contributed by atoms with Gasteiger partial charge in [-0.25, -0.2) is 0 Å². The van der Waals surface area contributed by atoms with Crippen LogP contribution in [0.25, 0.3) is 0 Å². The van der Waals surface area contributed by atoms with Crippen molar-refractivity contribution in [2.75, 3.05) is 6.61 Å². The molecule has 24 heavy (non-hydrogen) atoms. The quantitative estimate of drug-likeness (QED) is 0.756. The predicted molar refractivity (Wildman–Crippen MR) is 96.2 cm³/mol. The molecule has 0 aliphatic carbocycles. The van der Waals surface area contributed by atoms with Gasteiger partial charge in [0.05, 0.1) is 0 Å². The monoisotopic (exact) mass is 410 g/mol. The summed E-state index contributed by atoms with van der Waals surface area (Å²) in [4.78, 5) is 23.7. The summed E-state index contributed by atoms with van der Waals surface area (Å²) in [5.41, 5.74) is 6.81. The Bertz CT molecular complexity index is 757. The zero-order chi connectivity index (χ0) is 17.7. The lowest BCUT2D eigenvalue weighted by Crippen LogP contribution is -2.43. The number of rotatable bonds is 4. The molecule has 0 atom stereocenters. The van der Waals surface area contributed by atoms with Crippen LogP contribution in [0.4, 0.5) is 0 Å². The molecule has 0 spiro atoms. The van der Waals surface area contributed by atoms with Gasteiger partial charge < -0.3 is 4.74 Å². The summed E-state index contributed by atoms with van der Waals surface area (Å²) in [6.07, 6.45) is 0. The van der Waals surface area contributed by atoms with Crippen molar-refractivity contribution in [3.63, 3.8) is 0 Å². The highest BCUT2D eigenvalue weighted by Gasteiger charge is 2.09. The van der Waals surface area contributed by atoms with Crippen LogP contribution in [0.1, 0.15) is 21.5 Å². The van der Waals surface area contributed by atoms with Crippen LogP contribution >= 0.6 is 27.5 Å². The molecule has 0 aliphatic rings. The lowest BCUT2D eigenvalue weighted by atomic mass is 10.1. The van der Waals surface area contributed by atoms with E-state index >= 15 is 0 Å². The molecule has 5 nitrogen and oxygen atoms in total. The largest absolute Gasteiger partial charge is 0.484 e. The van der Waals surface area contributed by atoms with E-state index in [1.807, 2.05) is 13.8 Å². The van der Waals surface area contributed by atoms with Gasteiger partial charge in [-0.05, 0) is 55.3 Å². The second-order valence-corrected chi connectivity index (χ2v) is 6.47. The number of carbonyl (C=O) groups is 2. The van der Waals surface area contributed by atoms with E-state index in [4.69, 9.17) is 16.3 Å². The van der Waals surface area contributed by atoms with E-state index < -0.39 is 11.8 Å². The highest BCUT2D eigenvalue weighted by atomic mass is 79.9. The van der Waals surface area contributed by atoms with Crippen molar-refractivity contribution in [2.24, 2.45) is 0 Å². The number of hydrogen-bond donors (Lipinski definition) is 2. The summed E-state index contributed by atoms with van der Waals surface area (Å²) in [7, 11) is 0. The lowest BCUT2D eigenvalue weighted by Gasteiger charge is -2.11. The average Bonchev–Trinajstić information content (AvgIpc) is 2.55. The van der Waals surface area contributed by atoms with Crippen LogP contribution < -0.4 is 15.6 Å². The Morgan fingerprint density at radius 1 is 1.12 bits per heavy atom. The molecule has 0 saturated carbocycles. The molecule has 0 saturated heterocycles. The van der Waals surface area contributed by atoms with Crippen LogP contribution in [0.3, 0.4) is 0 Å². The molecule has 7 heteroatoms.